The number of rotatable bonds is 3. The fraction of sp³-hybridized carbons (Fsp3) is 0.143. The molecule has 2 aromatic rings. The average Bonchev–Trinajstić information content (AvgIpc) is 2.35. The van der Waals surface area contributed by atoms with Crippen LogP contribution in [0.1, 0.15) is 18.6 Å². The van der Waals surface area contributed by atoms with Crippen LogP contribution in [0.2, 0.25) is 0 Å². The van der Waals surface area contributed by atoms with Gasteiger partial charge in [0.2, 0.25) is 0 Å². The van der Waals surface area contributed by atoms with Crippen LogP contribution in [0.25, 0.3) is 0 Å². The van der Waals surface area contributed by atoms with Crippen LogP contribution in [0.3, 0.4) is 0 Å². The molecule has 0 saturated carbocycles. The van der Waals surface area contributed by atoms with Gasteiger partial charge in [0.1, 0.15) is 11.6 Å². The number of hydrogen-bond donors (Lipinski definition) is 1. The molecule has 1 unspecified atom stereocenters. The number of halogens is 3. The quantitative estimate of drug-likeness (QED) is 0.894. The summed E-state index contributed by atoms with van der Waals surface area (Å²) < 4.78 is 32.7. The molecule has 0 bridgehead atoms. The summed E-state index contributed by atoms with van der Waals surface area (Å²) >= 11 is 3.28. The average molecular weight is 329 g/mol. The fourth-order valence-electron chi connectivity index (χ4n) is 1.61. The minimum absolute atomic E-state index is 0.218. The van der Waals surface area contributed by atoms with Crippen molar-refractivity contribution in [3.8, 4) is 11.5 Å². The summed E-state index contributed by atoms with van der Waals surface area (Å²) in [5, 5.41) is 9.66. The highest BCUT2D eigenvalue weighted by Gasteiger charge is 2.13. The van der Waals surface area contributed by atoms with E-state index in [0.29, 0.717) is 5.56 Å². The molecule has 2 rings (SSSR count). The summed E-state index contributed by atoms with van der Waals surface area (Å²) in [6, 6.07) is 7.90. The second-order valence-corrected chi connectivity index (χ2v) is 4.95. The zero-order chi connectivity index (χ0) is 14.0. The van der Waals surface area contributed by atoms with Gasteiger partial charge in [0.05, 0.1) is 6.10 Å². The van der Waals surface area contributed by atoms with Gasteiger partial charge < -0.3 is 9.84 Å². The highest BCUT2D eigenvalue weighted by Crippen LogP contribution is 2.33. The third-order valence-corrected chi connectivity index (χ3v) is 3.03. The molecule has 1 N–H and O–H groups in total. The van der Waals surface area contributed by atoms with Crippen LogP contribution in [0, 0.1) is 11.6 Å². The molecule has 0 spiro atoms. The number of ether oxygens (including phenoxy) is 1. The Hall–Kier alpha value is -1.46. The van der Waals surface area contributed by atoms with Crippen molar-refractivity contribution >= 4 is 15.9 Å². The van der Waals surface area contributed by atoms with Gasteiger partial charge in [0.15, 0.2) is 11.6 Å². The molecule has 1 atom stereocenters. The molecule has 0 fully saturated rings. The first-order valence-electron chi connectivity index (χ1n) is 5.58. The highest BCUT2D eigenvalue weighted by atomic mass is 79.9. The fourth-order valence-corrected chi connectivity index (χ4v) is 1.99. The van der Waals surface area contributed by atoms with Gasteiger partial charge in [-0.25, -0.2) is 8.78 Å². The van der Waals surface area contributed by atoms with Crippen molar-refractivity contribution in [2.75, 3.05) is 0 Å². The molecule has 2 nitrogen and oxygen atoms in total. The SMILES string of the molecule is CC(O)c1cc(Br)ccc1Oc1cc(F)ccc1F. The van der Waals surface area contributed by atoms with Crippen LogP contribution >= 0.6 is 15.9 Å². The molecule has 100 valence electrons. The molecule has 19 heavy (non-hydrogen) atoms. The number of aliphatic hydroxyl groups excluding tert-OH is 1. The Morgan fingerprint density at radius 3 is 2.53 bits per heavy atom. The van der Waals surface area contributed by atoms with E-state index in [1.165, 1.54) is 0 Å². The summed E-state index contributed by atoms with van der Waals surface area (Å²) in [6.07, 6.45) is -0.788. The summed E-state index contributed by atoms with van der Waals surface area (Å²) in [6.45, 7) is 1.57. The number of aliphatic hydroxyl groups is 1. The number of benzene rings is 2. The Morgan fingerprint density at radius 1 is 1.11 bits per heavy atom. The van der Waals surface area contributed by atoms with Gasteiger partial charge in [-0.15, -0.1) is 0 Å². The first-order chi connectivity index (χ1) is 8.97. The normalized spacial score (nSPS) is 12.3. The lowest BCUT2D eigenvalue weighted by atomic mass is 10.1. The van der Waals surface area contributed by atoms with Crippen LogP contribution in [-0.4, -0.2) is 5.11 Å². The topological polar surface area (TPSA) is 29.5 Å². The van der Waals surface area contributed by atoms with Crippen LogP contribution < -0.4 is 4.74 Å². The van der Waals surface area contributed by atoms with Crippen molar-refractivity contribution in [3.05, 3.63) is 58.1 Å². The molecule has 0 aliphatic carbocycles. The zero-order valence-corrected chi connectivity index (χ0v) is 11.6. The van der Waals surface area contributed by atoms with E-state index in [4.69, 9.17) is 4.74 Å². The first-order valence-corrected chi connectivity index (χ1v) is 6.37. The molecule has 0 aromatic heterocycles. The predicted molar refractivity (Wildman–Crippen MR) is 71.2 cm³/mol. The van der Waals surface area contributed by atoms with Crippen LogP contribution in [0.15, 0.2) is 40.9 Å². The largest absolute Gasteiger partial charge is 0.454 e. The molecule has 0 saturated heterocycles. The summed E-state index contributed by atoms with van der Waals surface area (Å²) in [4.78, 5) is 0. The van der Waals surface area contributed by atoms with Crippen LogP contribution in [0.5, 0.6) is 11.5 Å². The molecule has 0 heterocycles. The maximum atomic E-state index is 13.5. The van der Waals surface area contributed by atoms with E-state index in [-0.39, 0.29) is 11.5 Å². The Bertz CT molecular complexity index is 600. The van der Waals surface area contributed by atoms with Gasteiger partial charge in [0.25, 0.3) is 0 Å². The Morgan fingerprint density at radius 2 is 1.84 bits per heavy atom. The standard InChI is InChI=1S/C14H11BrF2O2/c1-8(18)11-6-9(15)2-5-13(11)19-14-7-10(16)3-4-12(14)17/h2-8,18H,1H3. The first kappa shape index (κ1) is 14.0. The molecular weight excluding hydrogens is 318 g/mol. The molecule has 0 aliphatic heterocycles. The van der Waals surface area contributed by atoms with Crippen LogP contribution in [0.4, 0.5) is 8.78 Å². The third kappa shape index (κ3) is 3.30. The van der Waals surface area contributed by atoms with Gasteiger partial charge in [-0.2, -0.15) is 0 Å². The van der Waals surface area contributed by atoms with Crippen molar-refractivity contribution < 1.29 is 18.6 Å². The van der Waals surface area contributed by atoms with Crippen molar-refractivity contribution in [1.29, 1.82) is 0 Å². The summed E-state index contributed by atoms with van der Waals surface area (Å²) in [5.41, 5.74) is 0.484. The smallest absolute Gasteiger partial charge is 0.165 e. The van der Waals surface area contributed by atoms with E-state index in [1.54, 1.807) is 25.1 Å². The van der Waals surface area contributed by atoms with E-state index >= 15 is 0 Å². The van der Waals surface area contributed by atoms with Crippen molar-refractivity contribution in [3.63, 3.8) is 0 Å². The third-order valence-electron chi connectivity index (χ3n) is 2.54. The lowest BCUT2D eigenvalue weighted by Crippen LogP contribution is -1.97. The van der Waals surface area contributed by atoms with E-state index in [0.717, 1.165) is 22.7 Å². The lowest BCUT2D eigenvalue weighted by molar-refractivity contribution is 0.195. The van der Waals surface area contributed by atoms with E-state index in [9.17, 15) is 13.9 Å². The monoisotopic (exact) mass is 328 g/mol. The molecule has 0 amide bonds. The van der Waals surface area contributed by atoms with Crippen molar-refractivity contribution in [1.82, 2.24) is 0 Å². The van der Waals surface area contributed by atoms with E-state index in [1.807, 2.05) is 0 Å². The van der Waals surface area contributed by atoms with E-state index < -0.39 is 17.7 Å². The minimum atomic E-state index is -0.788. The van der Waals surface area contributed by atoms with E-state index in [2.05, 4.69) is 15.9 Å². The van der Waals surface area contributed by atoms with Crippen LogP contribution in [-0.2, 0) is 0 Å². The molecule has 0 radical (unpaired) electrons. The summed E-state index contributed by atoms with van der Waals surface area (Å²) in [7, 11) is 0. The maximum absolute atomic E-state index is 13.5. The van der Waals surface area contributed by atoms with Gasteiger partial charge >= 0.3 is 0 Å². The molecule has 0 aliphatic rings. The van der Waals surface area contributed by atoms with Gasteiger partial charge in [-0.3, -0.25) is 0 Å². The molecule has 5 heteroatoms. The van der Waals surface area contributed by atoms with Gasteiger partial charge in [-0.05, 0) is 37.3 Å². The lowest BCUT2D eigenvalue weighted by Gasteiger charge is -2.14. The van der Waals surface area contributed by atoms with Gasteiger partial charge in [-0.1, -0.05) is 15.9 Å². The minimum Gasteiger partial charge on any atom is -0.454 e. The molecule has 2 aromatic carbocycles. The second kappa shape index (κ2) is 5.67. The number of hydrogen-bond acceptors (Lipinski definition) is 2. The summed E-state index contributed by atoms with van der Waals surface area (Å²) in [5.74, 6) is -1.19. The van der Waals surface area contributed by atoms with Crippen molar-refractivity contribution in [2.24, 2.45) is 0 Å². The second-order valence-electron chi connectivity index (χ2n) is 4.03. The maximum Gasteiger partial charge on any atom is 0.165 e. The zero-order valence-electron chi connectivity index (χ0n) is 10.0. The Labute approximate surface area is 117 Å². The Balaban J connectivity index is 2.40. The Kier molecular flexibility index (Phi) is 4.17. The highest BCUT2D eigenvalue weighted by molar-refractivity contribution is 9.10. The molecular formula is C14H11BrF2O2. The predicted octanol–water partition coefficient (Wildman–Crippen LogP) is 4.57. The van der Waals surface area contributed by atoms with Crippen molar-refractivity contribution in [2.45, 2.75) is 13.0 Å². The van der Waals surface area contributed by atoms with Gasteiger partial charge in [0, 0.05) is 16.1 Å².